The van der Waals surface area contributed by atoms with E-state index in [9.17, 15) is 10.1 Å². The van der Waals surface area contributed by atoms with E-state index in [1.807, 2.05) is 0 Å². The molecule has 0 unspecified atom stereocenters. The number of rotatable bonds is 5. The molecule has 0 spiro atoms. The van der Waals surface area contributed by atoms with Crippen LogP contribution < -0.4 is 0 Å². The SMILES string of the molecule is Cl.O.O=[N+]([O-])c1ccc2nc(CCCN3CCCCC3)[nH]c2c1. The van der Waals surface area contributed by atoms with E-state index < -0.39 is 0 Å². The molecular weight excluding hydrogens is 320 g/mol. The van der Waals surface area contributed by atoms with Gasteiger partial charge in [-0.05, 0) is 45.0 Å². The second-order valence-corrected chi connectivity index (χ2v) is 5.65. The van der Waals surface area contributed by atoms with Crippen molar-refractivity contribution < 1.29 is 10.4 Å². The van der Waals surface area contributed by atoms with Gasteiger partial charge in [-0.3, -0.25) is 10.1 Å². The third kappa shape index (κ3) is 4.89. The molecule has 1 aromatic heterocycles. The summed E-state index contributed by atoms with van der Waals surface area (Å²) in [5, 5.41) is 10.8. The maximum absolute atomic E-state index is 10.8. The van der Waals surface area contributed by atoms with E-state index >= 15 is 0 Å². The highest BCUT2D eigenvalue weighted by atomic mass is 35.5. The first-order valence-corrected chi connectivity index (χ1v) is 7.58. The molecule has 1 aliphatic heterocycles. The fraction of sp³-hybridized carbons (Fsp3) is 0.533. The number of imidazole rings is 1. The number of piperidine rings is 1. The third-order valence-electron chi connectivity index (χ3n) is 4.06. The number of nitro benzene ring substituents is 1. The van der Waals surface area contributed by atoms with Crippen LogP contribution >= 0.6 is 12.4 Å². The molecule has 3 rings (SSSR count). The highest BCUT2D eigenvalue weighted by Gasteiger charge is 2.11. The first kappa shape index (κ1) is 19.3. The zero-order valence-electron chi connectivity index (χ0n) is 13.0. The largest absolute Gasteiger partial charge is 0.412 e. The van der Waals surface area contributed by atoms with Crippen molar-refractivity contribution in [3.05, 3.63) is 34.1 Å². The Kier molecular flexibility index (Phi) is 7.41. The number of nitrogens with one attached hydrogen (secondary N) is 1. The fourth-order valence-electron chi connectivity index (χ4n) is 2.94. The summed E-state index contributed by atoms with van der Waals surface area (Å²) in [6.45, 7) is 3.54. The number of nitro groups is 1. The summed E-state index contributed by atoms with van der Waals surface area (Å²) in [6, 6.07) is 4.76. The quantitative estimate of drug-likeness (QED) is 0.665. The number of non-ortho nitro benzene ring substituents is 1. The number of hydrogen-bond donors (Lipinski definition) is 1. The lowest BCUT2D eigenvalue weighted by molar-refractivity contribution is -0.384. The predicted octanol–water partition coefficient (Wildman–Crippen LogP) is 2.49. The zero-order valence-corrected chi connectivity index (χ0v) is 13.8. The van der Waals surface area contributed by atoms with Gasteiger partial charge in [0.25, 0.3) is 5.69 Å². The Labute approximate surface area is 141 Å². The summed E-state index contributed by atoms with van der Waals surface area (Å²) in [5.41, 5.74) is 1.65. The second kappa shape index (κ2) is 8.81. The molecule has 1 fully saturated rings. The average Bonchev–Trinajstić information content (AvgIpc) is 2.90. The highest BCUT2D eigenvalue weighted by molar-refractivity contribution is 5.85. The van der Waals surface area contributed by atoms with Gasteiger partial charge in [0.1, 0.15) is 5.82 Å². The van der Waals surface area contributed by atoms with Gasteiger partial charge in [-0.2, -0.15) is 0 Å². The van der Waals surface area contributed by atoms with Crippen LogP contribution in [0.2, 0.25) is 0 Å². The number of aromatic amines is 1. The van der Waals surface area contributed by atoms with Gasteiger partial charge < -0.3 is 15.4 Å². The Bertz CT molecular complexity index is 641. The molecule has 1 saturated heterocycles. The van der Waals surface area contributed by atoms with E-state index in [1.54, 1.807) is 12.1 Å². The van der Waals surface area contributed by atoms with Crippen LogP contribution in [-0.2, 0) is 6.42 Å². The van der Waals surface area contributed by atoms with Crippen LogP contribution in [0.4, 0.5) is 5.69 Å². The highest BCUT2D eigenvalue weighted by Crippen LogP contribution is 2.19. The summed E-state index contributed by atoms with van der Waals surface area (Å²) in [7, 11) is 0. The van der Waals surface area contributed by atoms with Crippen molar-refractivity contribution in [2.75, 3.05) is 19.6 Å². The Morgan fingerprint density at radius 1 is 1.26 bits per heavy atom. The molecular formula is C15H23ClN4O3. The third-order valence-corrected chi connectivity index (χ3v) is 4.06. The Morgan fingerprint density at radius 2 is 2.00 bits per heavy atom. The molecule has 0 amide bonds. The van der Waals surface area contributed by atoms with Gasteiger partial charge in [0.2, 0.25) is 0 Å². The molecule has 0 bridgehead atoms. The monoisotopic (exact) mass is 342 g/mol. The van der Waals surface area contributed by atoms with Gasteiger partial charge in [0, 0.05) is 18.6 Å². The number of hydrogen-bond acceptors (Lipinski definition) is 4. The number of aryl methyl sites for hydroxylation is 1. The molecule has 23 heavy (non-hydrogen) atoms. The first-order chi connectivity index (χ1) is 10.2. The number of H-pyrrole nitrogens is 1. The number of likely N-dealkylation sites (tertiary alicyclic amines) is 1. The average molecular weight is 343 g/mol. The molecule has 1 aliphatic rings. The summed E-state index contributed by atoms with van der Waals surface area (Å²) in [6.07, 6.45) is 5.95. The lowest BCUT2D eigenvalue weighted by Crippen LogP contribution is -2.30. The topological polar surface area (TPSA) is 107 Å². The van der Waals surface area contributed by atoms with Gasteiger partial charge >= 0.3 is 0 Å². The summed E-state index contributed by atoms with van der Waals surface area (Å²) in [4.78, 5) is 20.6. The molecule has 0 radical (unpaired) electrons. The number of nitrogens with zero attached hydrogens (tertiary/aromatic N) is 3. The van der Waals surface area contributed by atoms with Gasteiger partial charge in [-0.15, -0.1) is 12.4 Å². The Morgan fingerprint density at radius 3 is 2.70 bits per heavy atom. The number of benzene rings is 1. The van der Waals surface area contributed by atoms with Gasteiger partial charge in [0.15, 0.2) is 0 Å². The molecule has 1 aromatic carbocycles. The van der Waals surface area contributed by atoms with Gasteiger partial charge in [-0.1, -0.05) is 6.42 Å². The summed E-state index contributed by atoms with van der Waals surface area (Å²) < 4.78 is 0. The summed E-state index contributed by atoms with van der Waals surface area (Å²) in [5.74, 6) is 0.919. The van der Waals surface area contributed by atoms with Crippen LogP contribution in [0.25, 0.3) is 11.0 Å². The number of fused-ring (bicyclic) bond motifs is 1. The maximum atomic E-state index is 10.8. The maximum Gasteiger partial charge on any atom is 0.271 e. The van der Waals surface area contributed by atoms with Crippen LogP contribution in [0.15, 0.2) is 18.2 Å². The lowest BCUT2D eigenvalue weighted by Gasteiger charge is -2.26. The van der Waals surface area contributed by atoms with Crippen LogP contribution in [0.1, 0.15) is 31.5 Å². The van der Waals surface area contributed by atoms with Crippen molar-refractivity contribution in [3.63, 3.8) is 0 Å². The molecule has 0 aliphatic carbocycles. The zero-order chi connectivity index (χ0) is 14.7. The standard InChI is InChI=1S/C15H20N4O2.ClH.H2O/c20-19(21)12-6-7-13-14(11-12)17-15(16-13)5-4-10-18-8-2-1-3-9-18;;/h6-7,11H,1-5,8-10H2,(H,16,17);1H;1H2. The van der Waals surface area contributed by atoms with E-state index in [0.29, 0.717) is 0 Å². The van der Waals surface area contributed by atoms with Crippen molar-refractivity contribution in [1.82, 2.24) is 14.9 Å². The molecule has 8 heteroatoms. The van der Waals surface area contributed by atoms with Crippen LogP contribution in [0.3, 0.4) is 0 Å². The minimum atomic E-state index is -0.379. The van der Waals surface area contributed by atoms with Crippen molar-refractivity contribution in [1.29, 1.82) is 0 Å². The lowest BCUT2D eigenvalue weighted by atomic mass is 10.1. The molecule has 128 valence electrons. The Balaban J connectivity index is 0.00000132. The van der Waals surface area contributed by atoms with Gasteiger partial charge in [-0.25, -0.2) is 4.98 Å². The normalized spacial score (nSPS) is 15.0. The smallest absolute Gasteiger partial charge is 0.271 e. The minimum Gasteiger partial charge on any atom is -0.412 e. The van der Waals surface area contributed by atoms with Crippen molar-refractivity contribution in [3.8, 4) is 0 Å². The molecule has 0 atom stereocenters. The van der Waals surface area contributed by atoms with E-state index in [1.165, 1.54) is 38.4 Å². The van der Waals surface area contributed by atoms with Crippen LogP contribution in [0, 0.1) is 10.1 Å². The number of aromatic nitrogens is 2. The molecule has 0 saturated carbocycles. The molecule has 2 heterocycles. The molecule has 7 nitrogen and oxygen atoms in total. The van der Waals surface area contributed by atoms with Crippen LogP contribution in [0.5, 0.6) is 0 Å². The predicted molar refractivity (Wildman–Crippen MR) is 92.2 cm³/mol. The molecule has 3 N–H and O–H groups in total. The number of halogens is 1. The van der Waals surface area contributed by atoms with Gasteiger partial charge in [0.05, 0.1) is 16.0 Å². The minimum absolute atomic E-state index is 0. The van der Waals surface area contributed by atoms with E-state index in [0.717, 1.165) is 36.2 Å². The second-order valence-electron chi connectivity index (χ2n) is 5.65. The fourth-order valence-corrected chi connectivity index (χ4v) is 2.94. The summed E-state index contributed by atoms with van der Waals surface area (Å²) >= 11 is 0. The Hall–Kier alpha value is -1.70. The van der Waals surface area contributed by atoms with Crippen LogP contribution in [-0.4, -0.2) is 44.9 Å². The van der Waals surface area contributed by atoms with Crippen molar-refractivity contribution in [2.24, 2.45) is 0 Å². The van der Waals surface area contributed by atoms with E-state index in [2.05, 4.69) is 14.9 Å². The molecule has 2 aromatic rings. The van der Waals surface area contributed by atoms with E-state index in [4.69, 9.17) is 0 Å². The first-order valence-electron chi connectivity index (χ1n) is 7.58. The van der Waals surface area contributed by atoms with E-state index in [-0.39, 0.29) is 28.5 Å². The van der Waals surface area contributed by atoms with Crippen molar-refractivity contribution >= 4 is 29.1 Å². The van der Waals surface area contributed by atoms with Crippen molar-refractivity contribution in [2.45, 2.75) is 32.1 Å².